The van der Waals surface area contributed by atoms with E-state index in [1.165, 1.54) is 11.3 Å². The summed E-state index contributed by atoms with van der Waals surface area (Å²) in [5.74, 6) is -0.0496. The van der Waals surface area contributed by atoms with E-state index in [4.69, 9.17) is 11.6 Å². The van der Waals surface area contributed by atoms with E-state index in [2.05, 4.69) is 31.9 Å². The van der Waals surface area contributed by atoms with Gasteiger partial charge in [-0.25, -0.2) is 0 Å². The predicted molar refractivity (Wildman–Crippen MR) is 79.3 cm³/mol. The van der Waals surface area contributed by atoms with E-state index in [9.17, 15) is 4.79 Å². The molecule has 0 radical (unpaired) electrons. The Labute approximate surface area is 125 Å². The highest BCUT2D eigenvalue weighted by molar-refractivity contribution is 9.13. The van der Waals surface area contributed by atoms with Gasteiger partial charge in [0.2, 0.25) is 5.78 Å². The van der Waals surface area contributed by atoms with E-state index in [1.54, 1.807) is 18.2 Å². The maximum Gasteiger partial charge on any atom is 0.204 e. The molecule has 1 aromatic heterocycles. The SMILES string of the molecule is Cc1ccc(C(=O)c2cc(Br)c(Br)s2)c(Cl)c1. The molecule has 5 heteroatoms. The van der Waals surface area contributed by atoms with Gasteiger partial charge in [-0.1, -0.05) is 17.7 Å². The topological polar surface area (TPSA) is 17.1 Å². The Morgan fingerprint density at radius 2 is 2.00 bits per heavy atom. The first kappa shape index (κ1) is 13.3. The van der Waals surface area contributed by atoms with Crippen LogP contribution in [-0.4, -0.2) is 5.78 Å². The highest BCUT2D eigenvalue weighted by atomic mass is 79.9. The zero-order valence-electron chi connectivity index (χ0n) is 8.76. The summed E-state index contributed by atoms with van der Waals surface area (Å²) in [5.41, 5.74) is 1.58. The van der Waals surface area contributed by atoms with Gasteiger partial charge in [0, 0.05) is 10.0 Å². The predicted octanol–water partition coefficient (Wildman–Crippen LogP) is 5.47. The van der Waals surface area contributed by atoms with Crippen molar-refractivity contribution in [3.05, 3.63) is 53.6 Å². The lowest BCUT2D eigenvalue weighted by Crippen LogP contribution is -1.99. The van der Waals surface area contributed by atoms with Crippen molar-refractivity contribution in [2.45, 2.75) is 6.92 Å². The van der Waals surface area contributed by atoms with Crippen LogP contribution < -0.4 is 0 Å². The van der Waals surface area contributed by atoms with Crippen molar-refractivity contribution in [3.63, 3.8) is 0 Å². The summed E-state index contributed by atoms with van der Waals surface area (Å²) < 4.78 is 1.79. The fourth-order valence-corrected chi connectivity index (χ4v) is 3.71. The molecule has 0 fully saturated rings. The lowest BCUT2D eigenvalue weighted by atomic mass is 10.1. The number of halogens is 3. The molecule has 0 atom stereocenters. The maximum atomic E-state index is 12.2. The summed E-state index contributed by atoms with van der Waals surface area (Å²) in [7, 11) is 0. The molecule has 0 aliphatic carbocycles. The minimum atomic E-state index is -0.0496. The van der Waals surface area contributed by atoms with Gasteiger partial charge in [-0.3, -0.25) is 4.79 Å². The van der Waals surface area contributed by atoms with Crippen molar-refractivity contribution in [3.8, 4) is 0 Å². The third-order valence-corrected chi connectivity index (χ3v) is 5.81. The molecule has 0 saturated heterocycles. The molecule has 0 aliphatic heterocycles. The number of thiophene rings is 1. The molecule has 0 amide bonds. The second-order valence-corrected chi connectivity index (χ2v) is 7.18. The number of rotatable bonds is 2. The smallest absolute Gasteiger partial charge is 0.204 e. The second-order valence-electron chi connectivity index (χ2n) is 3.54. The van der Waals surface area contributed by atoms with Crippen molar-refractivity contribution in [1.82, 2.24) is 0 Å². The van der Waals surface area contributed by atoms with E-state index in [-0.39, 0.29) is 5.78 Å². The maximum absolute atomic E-state index is 12.2. The van der Waals surface area contributed by atoms with Gasteiger partial charge in [0.15, 0.2) is 0 Å². The first-order valence-electron chi connectivity index (χ1n) is 4.74. The van der Waals surface area contributed by atoms with Gasteiger partial charge >= 0.3 is 0 Å². The molecule has 2 rings (SSSR count). The molecule has 0 saturated carbocycles. The molecule has 1 heterocycles. The van der Waals surface area contributed by atoms with Crippen LogP contribution in [0.1, 0.15) is 20.8 Å². The number of hydrogen-bond acceptors (Lipinski definition) is 2. The number of hydrogen-bond donors (Lipinski definition) is 0. The molecular weight excluding hydrogens is 387 g/mol. The Hall–Kier alpha value is -0.160. The third-order valence-electron chi connectivity index (χ3n) is 2.24. The first-order chi connectivity index (χ1) is 7.99. The van der Waals surface area contributed by atoms with Gasteiger partial charge in [-0.2, -0.15) is 0 Å². The van der Waals surface area contributed by atoms with Crippen LogP contribution in [-0.2, 0) is 0 Å². The molecule has 1 nitrogen and oxygen atoms in total. The Kier molecular flexibility index (Phi) is 4.08. The van der Waals surface area contributed by atoms with Crippen molar-refractivity contribution < 1.29 is 4.79 Å². The highest BCUT2D eigenvalue weighted by Gasteiger charge is 2.16. The number of carbonyl (C=O) groups excluding carboxylic acids is 1. The van der Waals surface area contributed by atoms with Crippen molar-refractivity contribution in [2.75, 3.05) is 0 Å². The number of benzene rings is 1. The number of aryl methyl sites for hydroxylation is 1. The molecule has 0 unspecified atom stereocenters. The minimum absolute atomic E-state index is 0.0496. The number of ketones is 1. The average molecular weight is 395 g/mol. The van der Waals surface area contributed by atoms with Crippen LogP contribution in [0, 0.1) is 6.92 Å². The van der Waals surface area contributed by atoms with Crippen LogP contribution >= 0.6 is 54.8 Å². The fraction of sp³-hybridized carbons (Fsp3) is 0.0833. The standard InChI is InChI=1S/C12H7Br2ClOS/c1-6-2-3-7(9(15)4-6)11(16)10-5-8(13)12(14)17-10/h2-5H,1H3. The minimum Gasteiger partial charge on any atom is -0.288 e. The molecule has 17 heavy (non-hydrogen) atoms. The largest absolute Gasteiger partial charge is 0.288 e. The average Bonchev–Trinajstić information content (AvgIpc) is 2.58. The van der Waals surface area contributed by atoms with Crippen LogP contribution in [0.25, 0.3) is 0 Å². The van der Waals surface area contributed by atoms with Crippen molar-refractivity contribution >= 4 is 60.6 Å². The summed E-state index contributed by atoms with van der Waals surface area (Å²) in [6, 6.07) is 7.25. The first-order valence-corrected chi connectivity index (χ1v) is 7.53. The molecule has 1 aromatic carbocycles. The van der Waals surface area contributed by atoms with Crippen LogP contribution in [0.5, 0.6) is 0 Å². The molecule has 2 aromatic rings. The van der Waals surface area contributed by atoms with Gasteiger partial charge < -0.3 is 0 Å². The lowest BCUT2D eigenvalue weighted by Gasteiger charge is -2.02. The van der Waals surface area contributed by atoms with Crippen LogP contribution in [0.15, 0.2) is 32.5 Å². The Balaban J connectivity index is 2.43. The Morgan fingerprint density at radius 1 is 1.29 bits per heavy atom. The van der Waals surface area contributed by atoms with Gasteiger partial charge in [0.1, 0.15) is 0 Å². The van der Waals surface area contributed by atoms with Crippen molar-refractivity contribution in [1.29, 1.82) is 0 Å². The Bertz CT molecular complexity index is 573. The molecule has 0 spiro atoms. The summed E-state index contributed by atoms with van der Waals surface area (Å²) in [5, 5.41) is 0.496. The quantitative estimate of drug-likeness (QED) is 0.618. The van der Waals surface area contributed by atoms with E-state index in [0.717, 1.165) is 13.8 Å². The van der Waals surface area contributed by atoms with Gasteiger partial charge in [0.05, 0.1) is 13.7 Å². The second kappa shape index (κ2) is 5.22. The zero-order valence-corrected chi connectivity index (χ0v) is 13.5. The Morgan fingerprint density at radius 3 is 2.53 bits per heavy atom. The summed E-state index contributed by atoms with van der Waals surface area (Å²) in [4.78, 5) is 12.9. The van der Waals surface area contributed by atoms with E-state index < -0.39 is 0 Å². The van der Waals surface area contributed by atoms with E-state index in [0.29, 0.717) is 15.5 Å². The molecule has 0 aliphatic rings. The molecule has 88 valence electrons. The summed E-state index contributed by atoms with van der Waals surface area (Å²) in [6.45, 7) is 1.94. The van der Waals surface area contributed by atoms with Gasteiger partial charge in [-0.05, 0) is 62.5 Å². The molecule has 0 bridgehead atoms. The number of carbonyl (C=O) groups is 1. The summed E-state index contributed by atoms with van der Waals surface area (Å²) in [6.07, 6.45) is 0. The molecule has 0 N–H and O–H groups in total. The van der Waals surface area contributed by atoms with Crippen LogP contribution in [0.4, 0.5) is 0 Å². The monoisotopic (exact) mass is 392 g/mol. The van der Waals surface area contributed by atoms with E-state index >= 15 is 0 Å². The van der Waals surface area contributed by atoms with Crippen LogP contribution in [0.3, 0.4) is 0 Å². The lowest BCUT2D eigenvalue weighted by molar-refractivity contribution is 0.104. The third kappa shape index (κ3) is 2.81. The van der Waals surface area contributed by atoms with E-state index in [1.807, 2.05) is 13.0 Å². The highest BCUT2D eigenvalue weighted by Crippen LogP contribution is 2.34. The van der Waals surface area contributed by atoms with Crippen molar-refractivity contribution in [2.24, 2.45) is 0 Å². The summed E-state index contributed by atoms with van der Waals surface area (Å²) >= 11 is 14.2. The van der Waals surface area contributed by atoms with Gasteiger partial charge in [0.25, 0.3) is 0 Å². The fourth-order valence-electron chi connectivity index (χ4n) is 1.40. The van der Waals surface area contributed by atoms with Crippen LogP contribution in [0.2, 0.25) is 5.02 Å². The normalized spacial score (nSPS) is 10.6. The zero-order chi connectivity index (χ0) is 12.6. The van der Waals surface area contributed by atoms with Gasteiger partial charge in [-0.15, -0.1) is 11.3 Å². The molecular formula is C12H7Br2ClOS.